The average Bonchev–Trinajstić information content (AvgIpc) is 2.46. The molecule has 0 aromatic rings. The van der Waals surface area contributed by atoms with Crippen LogP contribution in [-0.4, -0.2) is 35.1 Å². The lowest BCUT2D eigenvalue weighted by Crippen LogP contribution is -2.10. The van der Waals surface area contributed by atoms with E-state index in [-0.39, 0.29) is 11.5 Å². The maximum Gasteiger partial charge on any atom is 0.239 e. The minimum absolute atomic E-state index is 0.111. The number of nitrogens with zero attached hydrogens (tertiary/aromatic N) is 1. The fourth-order valence-electron chi connectivity index (χ4n) is 1.70. The molecular weight excluding hydrogens is 249 g/mol. The third-order valence-corrected chi connectivity index (χ3v) is 2.90. The number of hydrogen-bond acceptors (Lipinski definition) is 3. The van der Waals surface area contributed by atoms with Crippen molar-refractivity contribution in [1.29, 1.82) is 0 Å². The Morgan fingerprint density at radius 1 is 1.21 bits per heavy atom. The van der Waals surface area contributed by atoms with Crippen LogP contribution in [0.1, 0.15) is 65.2 Å². The summed E-state index contributed by atoms with van der Waals surface area (Å²) in [6.07, 6.45) is 10.7. The Labute approximate surface area is 116 Å². The van der Waals surface area contributed by atoms with Crippen molar-refractivity contribution < 1.29 is 19.5 Å². The zero-order chi connectivity index (χ0) is 14.9. The van der Waals surface area contributed by atoms with Crippen LogP contribution in [0.5, 0.6) is 0 Å². The lowest BCUT2D eigenvalue weighted by atomic mass is 9.91. The van der Waals surface area contributed by atoms with Crippen molar-refractivity contribution in [2.75, 3.05) is 13.3 Å². The van der Waals surface area contributed by atoms with Crippen LogP contribution in [0.2, 0.25) is 0 Å². The third-order valence-electron chi connectivity index (χ3n) is 2.90. The average molecular weight is 279 g/mol. The van der Waals surface area contributed by atoms with E-state index in [1.807, 2.05) is 0 Å². The number of carbonyl (C=O) groups excluding carboxylic acids is 1. The molecule has 0 bridgehead atoms. The van der Waals surface area contributed by atoms with Crippen LogP contribution in [0.25, 0.3) is 0 Å². The first-order chi connectivity index (χ1) is 9.12. The maximum atomic E-state index is 11.1. The minimum Gasteiger partial charge on any atom is -0.396 e. The van der Waals surface area contributed by atoms with Crippen molar-refractivity contribution in [3.05, 3.63) is 0 Å². The summed E-state index contributed by atoms with van der Waals surface area (Å²) in [7, 11) is 0. The first-order valence-corrected chi connectivity index (χ1v) is 7.21. The second kappa shape index (κ2) is 17.3. The summed E-state index contributed by atoms with van der Waals surface area (Å²) in [6, 6.07) is 0. The van der Waals surface area contributed by atoms with Crippen LogP contribution in [0.4, 0.5) is 4.48 Å². The molecule has 1 aliphatic carbocycles. The van der Waals surface area contributed by atoms with Crippen molar-refractivity contribution in [3.8, 4) is 0 Å². The van der Waals surface area contributed by atoms with Gasteiger partial charge in [-0.2, -0.15) is 5.12 Å². The predicted octanol–water partition coefficient (Wildman–Crippen LogP) is 3.03. The molecule has 19 heavy (non-hydrogen) atoms. The Hall–Kier alpha value is -0.680. The SMILES string of the molecule is CC1CCCCC1.CCCCCO.O=CN(F)CO. The number of rotatable bonds is 5. The van der Waals surface area contributed by atoms with Gasteiger partial charge in [0, 0.05) is 6.61 Å². The quantitative estimate of drug-likeness (QED) is 0.352. The molecule has 1 saturated carbocycles. The van der Waals surface area contributed by atoms with E-state index < -0.39 is 6.73 Å². The Kier molecular flexibility index (Phi) is 18.8. The molecule has 5 heteroatoms. The largest absolute Gasteiger partial charge is 0.396 e. The molecule has 2 N–H and O–H groups in total. The van der Waals surface area contributed by atoms with Gasteiger partial charge in [0.05, 0.1) is 0 Å². The highest BCUT2D eigenvalue weighted by molar-refractivity contribution is 5.44. The number of amides is 1. The molecule has 0 aliphatic heterocycles. The minimum atomic E-state index is -0.872. The second-order valence-electron chi connectivity index (χ2n) is 4.82. The normalized spacial score (nSPS) is 14.6. The van der Waals surface area contributed by atoms with E-state index in [2.05, 4.69) is 13.8 Å². The van der Waals surface area contributed by atoms with Gasteiger partial charge in [-0.1, -0.05) is 63.3 Å². The van der Waals surface area contributed by atoms with Gasteiger partial charge in [-0.15, -0.1) is 0 Å². The highest BCUT2D eigenvalue weighted by atomic mass is 19.2. The van der Waals surface area contributed by atoms with Crippen molar-refractivity contribution in [2.45, 2.75) is 65.2 Å². The lowest BCUT2D eigenvalue weighted by molar-refractivity contribution is -0.139. The lowest BCUT2D eigenvalue weighted by Gasteiger charge is -2.15. The summed E-state index contributed by atoms with van der Waals surface area (Å²) >= 11 is 0. The topological polar surface area (TPSA) is 60.8 Å². The van der Waals surface area contributed by atoms with Gasteiger partial charge in [0.25, 0.3) is 0 Å². The molecule has 4 nitrogen and oxygen atoms in total. The van der Waals surface area contributed by atoms with E-state index in [1.165, 1.54) is 38.5 Å². The van der Waals surface area contributed by atoms with Crippen LogP contribution in [0.3, 0.4) is 0 Å². The van der Waals surface area contributed by atoms with Crippen molar-refractivity contribution >= 4 is 6.41 Å². The Morgan fingerprint density at radius 3 is 1.95 bits per heavy atom. The van der Waals surface area contributed by atoms with Gasteiger partial charge in [-0.3, -0.25) is 4.79 Å². The van der Waals surface area contributed by atoms with E-state index in [0.717, 1.165) is 18.8 Å². The number of aliphatic hydroxyl groups is 2. The Morgan fingerprint density at radius 2 is 1.79 bits per heavy atom. The second-order valence-corrected chi connectivity index (χ2v) is 4.82. The maximum absolute atomic E-state index is 11.1. The first-order valence-electron chi connectivity index (χ1n) is 7.21. The fraction of sp³-hybridized carbons (Fsp3) is 0.929. The molecule has 0 aromatic carbocycles. The van der Waals surface area contributed by atoms with Gasteiger partial charge >= 0.3 is 0 Å². The van der Waals surface area contributed by atoms with E-state index in [4.69, 9.17) is 15.0 Å². The van der Waals surface area contributed by atoms with Gasteiger partial charge in [0.2, 0.25) is 6.41 Å². The van der Waals surface area contributed by atoms with Crippen molar-refractivity contribution in [1.82, 2.24) is 5.12 Å². The molecule has 116 valence electrons. The summed E-state index contributed by atoms with van der Waals surface area (Å²) in [5.41, 5.74) is 0. The van der Waals surface area contributed by atoms with Crippen molar-refractivity contribution in [2.24, 2.45) is 5.92 Å². The molecule has 0 unspecified atom stereocenters. The third kappa shape index (κ3) is 19.8. The summed E-state index contributed by atoms with van der Waals surface area (Å²) in [6.45, 7) is 3.96. The molecular formula is C14H30FNO3. The molecule has 1 rings (SSSR count). The van der Waals surface area contributed by atoms with E-state index in [0.29, 0.717) is 6.61 Å². The van der Waals surface area contributed by atoms with Gasteiger partial charge in [-0.25, -0.2) is 0 Å². The number of unbranched alkanes of at least 4 members (excludes halogenated alkanes) is 2. The van der Waals surface area contributed by atoms with Crippen LogP contribution in [0.15, 0.2) is 0 Å². The smallest absolute Gasteiger partial charge is 0.239 e. The molecule has 1 aliphatic rings. The Balaban J connectivity index is 0. The molecule has 0 saturated heterocycles. The predicted molar refractivity (Wildman–Crippen MR) is 75.0 cm³/mol. The molecule has 0 atom stereocenters. The number of aliphatic hydroxyl groups excluding tert-OH is 2. The zero-order valence-electron chi connectivity index (χ0n) is 12.4. The molecule has 1 fully saturated rings. The summed E-state index contributed by atoms with van der Waals surface area (Å²) in [4.78, 5) is 9.13. The number of hydrogen-bond donors (Lipinski definition) is 2. The highest BCUT2D eigenvalue weighted by Gasteiger charge is 2.05. The molecule has 0 radical (unpaired) electrons. The van der Waals surface area contributed by atoms with E-state index >= 15 is 0 Å². The monoisotopic (exact) mass is 279 g/mol. The van der Waals surface area contributed by atoms with Gasteiger partial charge in [0.15, 0.2) is 0 Å². The van der Waals surface area contributed by atoms with Gasteiger partial charge in [0.1, 0.15) is 6.73 Å². The van der Waals surface area contributed by atoms with Gasteiger partial charge in [-0.05, 0) is 12.3 Å². The van der Waals surface area contributed by atoms with E-state index in [1.54, 1.807) is 0 Å². The van der Waals surface area contributed by atoms with Gasteiger partial charge < -0.3 is 10.2 Å². The summed E-state index contributed by atoms with van der Waals surface area (Å²) < 4.78 is 11.1. The van der Waals surface area contributed by atoms with E-state index in [9.17, 15) is 4.48 Å². The Bertz CT molecular complexity index is 172. The van der Waals surface area contributed by atoms with Crippen molar-refractivity contribution in [3.63, 3.8) is 0 Å². The van der Waals surface area contributed by atoms with Crippen LogP contribution < -0.4 is 0 Å². The fourth-order valence-corrected chi connectivity index (χ4v) is 1.70. The number of halogens is 1. The number of carbonyl (C=O) groups is 1. The molecule has 0 heterocycles. The molecule has 0 spiro atoms. The van der Waals surface area contributed by atoms with Crippen LogP contribution in [0, 0.1) is 5.92 Å². The highest BCUT2D eigenvalue weighted by Crippen LogP contribution is 2.22. The molecule has 0 aromatic heterocycles. The summed E-state index contributed by atoms with van der Waals surface area (Å²) in [5, 5.41) is 15.5. The first kappa shape index (κ1) is 20.6. The van der Waals surface area contributed by atoms with Crippen LogP contribution >= 0.6 is 0 Å². The van der Waals surface area contributed by atoms with Crippen LogP contribution in [-0.2, 0) is 4.79 Å². The molecule has 1 amide bonds. The zero-order valence-corrected chi connectivity index (χ0v) is 12.4. The summed E-state index contributed by atoms with van der Waals surface area (Å²) in [5.74, 6) is 1.04. The standard InChI is InChI=1S/C7H14.C5H12O.C2H4FNO2/c1-7-5-3-2-4-6-7;1-2-3-4-5-6;3-4(1-5)2-6/h7H,2-6H2,1H3;6H,2-5H2,1H3;1,6H,2H2.